The molecule has 1 aromatic carbocycles. The summed E-state index contributed by atoms with van der Waals surface area (Å²) in [5.41, 5.74) is 0.598. The smallest absolute Gasteiger partial charge is 0.149 e. The van der Waals surface area contributed by atoms with Gasteiger partial charge >= 0.3 is 0 Å². The molecule has 17 heavy (non-hydrogen) atoms. The zero-order chi connectivity index (χ0) is 12.3. The SMILES string of the molecule is Fc1cc(CCl)cc(F)c1N1CCCCCC1. The molecule has 0 bridgehead atoms. The third kappa shape index (κ3) is 2.89. The number of benzene rings is 1. The molecule has 0 N–H and O–H groups in total. The number of nitrogens with zero attached hydrogens (tertiary/aromatic N) is 1. The summed E-state index contributed by atoms with van der Waals surface area (Å²) in [5, 5.41) is 0. The molecule has 1 aromatic rings. The van der Waals surface area contributed by atoms with Crippen LogP contribution in [-0.2, 0) is 5.88 Å². The topological polar surface area (TPSA) is 3.24 Å². The van der Waals surface area contributed by atoms with Gasteiger partial charge in [-0.05, 0) is 30.5 Å². The van der Waals surface area contributed by atoms with Crippen LogP contribution < -0.4 is 4.90 Å². The van der Waals surface area contributed by atoms with Crippen molar-refractivity contribution < 1.29 is 8.78 Å². The van der Waals surface area contributed by atoms with Gasteiger partial charge in [0.2, 0.25) is 0 Å². The van der Waals surface area contributed by atoms with Crippen molar-refractivity contribution >= 4 is 17.3 Å². The van der Waals surface area contributed by atoms with Gasteiger partial charge in [0.05, 0.1) is 0 Å². The minimum Gasteiger partial charge on any atom is -0.367 e. The third-order valence-corrected chi connectivity index (χ3v) is 3.46. The van der Waals surface area contributed by atoms with Crippen LogP contribution in [0.3, 0.4) is 0 Å². The maximum Gasteiger partial charge on any atom is 0.149 e. The molecule has 4 heteroatoms. The van der Waals surface area contributed by atoms with Crippen molar-refractivity contribution in [3.63, 3.8) is 0 Å². The first-order valence-corrected chi connectivity index (χ1v) is 6.54. The van der Waals surface area contributed by atoms with Crippen molar-refractivity contribution in [2.45, 2.75) is 31.6 Å². The number of halogens is 3. The molecule has 0 radical (unpaired) electrons. The fraction of sp³-hybridized carbons (Fsp3) is 0.538. The first-order valence-electron chi connectivity index (χ1n) is 6.01. The van der Waals surface area contributed by atoms with Crippen LogP contribution in [0.25, 0.3) is 0 Å². The van der Waals surface area contributed by atoms with Gasteiger partial charge in [0, 0.05) is 19.0 Å². The van der Waals surface area contributed by atoms with Crippen molar-refractivity contribution in [2.24, 2.45) is 0 Å². The van der Waals surface area contributed by atoms with Crippen LogP contribution in [0.4, 0.5) is 14.5 Å². The van der Waals surface area contributed by atoms with Gasteiger partial charge in [-0.25, -0.2) is 8.78 Å². The lowest BCUT2D eigenvalue weighted by Crippen LogP contribution is -2.26. The van der Waals surface area contributed by atoms with Crippen molar-refractivity contribution in [1.29, 1.82) is 0 Å². The first kappa shape index (κ1) is 12.6. The Morgan fingerprint density at radius 1 is 1.00 bits per heavy atom. The Kier molecular flexibility index (Phi) is 4.21. The van der Waals surface area contributed by atoms with E-state index in [9.17, 15) is 8.78 Å². The Morgan fingerprint density at radius 3 is 2.00 bits per heavy atom. The van der Waals surface area contributed by atoms with E-state index in [4.69, 9.17) is 11.6 Å². The van der Waals surface area contributed by atoms with Gasteiger partial charge in [0.15, 0.2) is 0 Å². The van der Waals surface area contributed by atoms with E-state index in [-0.39, 0.29) is 11.6 Å². The summed E-state index contributed by atoms with van der Waals surface area (Å²) in [6, 6.07) is 2.66. The highest BCUT2D eigenvalue weighted by Crippen LogP contribution is 2.27. The molecule has 1 heterocycles. The van der Waals surface area contributed by atoms with Gasteiger partial charge in [-0.2, -0.15) is 0 Å². The second-order valence-electron chi connectivity index (χ2n) is 4.44. The van der Waals surface area contributed by atoms with Crippen molar-refractivity contribution in [3.8, 4) is 0 Å². The summed E-state index contributed by atoms with van der Waals surface area (Å²) in [6.07, 6.45) is 4.27. The predicted molar refractivity (Wildman–Crippen MR) is 66.6 cm³/mol. The number of anilines is 1. The van der Waals surface area contributed by atoms with E-state index >= 15 is 0 Å². The zero-order valence-corrected chi connectivity index (χ0v) is 10.4. The molecule has 2 rings (SSSR count). The fourth-order valence-electron chi connectivity index (χ4n) is 2.29. The molecule has 0 unspecified atom stereocenters. The van der Waals surface area contributed by atoms with Crippen LogP contribution in [-0.4, -0.2) is 13.1 Å². The summed E-state index contributed by atoms with van der Waals surface area (Å²) >= 11 is 5.59. The predicted octanol–water partition coefficient (Wildman–Crippen LogP) is 4.08. The molecule has 0 amide bonds. The summed E-state index contributed by atoms with van der Waals surface area (Å²) < 4.78 is 27.7. The lowest BCUT2D eigenvalue weighted by atomic mass is 10.2. The van der Waals surface area contributed by atoms with Crippen LogP contribution >= 0.6 is 11.6 Å². The van der Waals surface area contributed by atoms with E-state index in [1.807, 2.05) is 4.90 Å². The Morgan fingerprint density at radius 2 is 1.53 bits per heavy atom. The van der Waals surface area contributed by atoms with Gasteiger partial charge in [-0.3, -0.25) is 0 Å². The van der Waals surface area contributed by atoms with E-state index < -0.39 is 11.6 Å². The number of alkyl halides is 1. The Labute approximate surface area is 105 Å². The first-order chi connectivity index (χ1) is 8.22. The molecular weight excluding hydrogens is 244 g/mol. The number of hydrogen-bond acceptors (Lipinski definition) is 1. The normalized spacial score (nSPS) is 17.0. The molecular formula is C13H16ClF2N. The van der Waals surface area contributed by atoms with Gasteiger partial charge in [-0.1, -0.05) is 12.8 Å². The van der Waals surface area contributed by atoms with Gasteiger partial charge < -0.3 is 4.90 Å². The summed E-state index contributed by atoms with van der Waals surface area (Å²) in [5.74, 6) is -0.862. The minimum absolute atomic E-state index is 0.112. The molecule has 1 fully saturated rings. The molecule has 0 spiro atoms. The highest BCUT2D eigenvalue weighted by atomic mass is 35.5. The lowest BCUT2D eigenvalue weighted by molar-refractivity contribution is 0.568. The maximum absolute atomic E-state index is 13.9. The highest BCUT2D eigenvalue weighted by Gasteiger charge is 2.18. The van der Waals surface area contributed by atoms with E-state index in [0.29, 0.717) is 5.56 Å². The lowest BCUT2D eigenvalue weighted by Gasteiger charge is -2.24. The van der Waals surface area contributed by atoms with Crippen LogP contribution in [0.5, 0.6) is 0 Å². The highest BCUT2D eigenvalue weighted by molar-refractivity contribution is 6.17. The van der Waals surface area contributed by atoms with Crippen molar-refractivity contribution in [2.75, 3.05) is 18.0 Å². The van der Waals surface area contributed by atoms with Crippen molar-refractivity contribution in [3.05, 3.63) is 29.3 Å². The molecule has 1 nitrogen and oxygen atoms in total. The standard InChI is InChI=1S/C13H16ClF2N/c14-9-10-7-11(15)13(12(16)8-10)17-5-3-1-2-4-6-17/h7-8H,1-6,9H2. The maximum atomic E-state index is 13.9. The largest absolute Gasteiger partial charge is 0.367 e. The number of hydrogen-bond donors (Lipinski definition) is 0. The van der Waals surface area contributed by atoms with Gasteiger partial charge in [0.1, 0.15) is 17.3 Å². The van der Waals surface area contributed by atoms with E-state index in [1.54, 1.807) is 0 Å². The molecule has 0 atom stereocenters. The summed E-state index contributed by atoms with van der Waals surface area (Å²) in [4.78, 5) is 1.82. The fourth-order valence-corrected chi connectivity index (χ4v) is 2.45. The van der Waals surface area contributed by atoms with Crippen LogP contribution in [0.15, 0.2) is 12.1 Å². The zero-order valence-electron chi connectivity index (χ0n) is 9.69. The molecule has 94 valence electrons. The minimum atomic E-state index is -0.498. The van der Waals surface area contributed by atoms with E-state index in [1.165, 1.54) is 12.1 Å². The molecule has 0 aromatic heterocycles. The molecule has 0 aliphatic carbocycles. The number of rotatable bonds is 2. The molecule has 1 saturated heterocycles. The average molecular weight is 260 g/mol. The quantitative estimate of drug-likeness (QED) is 0.724. The van der Waals surface area contributed by atoms with Gasteiger partial charge in [0.25, 0.3) is 0 Å². The van der Waals surface area contributed by atoms with Crippen LogP contribution in [0.2, 0.25) is 0 Å². The van der Waals surface area contributed by atoms with E-state index in [0.717, 1.165) is 38.8 Å². The second kappa shape index (κ2) is 5.67. The van der Waals surface area contributed by atoms with Gasteiger partial charge in [-0.15, -0.1) is 11.6 Å². The average Bonchev–Trinajstić information content (AvgIpc) is 2.57. The second-order valence-corrected chi connectivity index (χ2v) is 4.71. The Bertz CT molecular complexity index is 364. The monoisotopic (exact) mass is 259 g/mol. The van der Waals surface area contributed by atoms with Crippen LogP contribution in [0, 0.1) is 11.6 Å². The van der Waals surface area contributed by atoms with Crippen molar-refractivity contribution in [1.82, 2.24) is 0 Å². The van der Waals surface area contributed by atoms with Crippen LogP contribution in [0.1, 0.15) is 31.2 Å². The third-order valence-electron chi connectivity index (χ3n) is 3.15. The molecule has 0 saturated carbocycles. The molecule has 1 aliphatic heterocycles. The Balaban J connectivity index is 2.30. The van der Waals surface area contributed by atoms with E-state index in [2.05, 4.69) is 0 Å². The summed E-state index contributed by atoms with van der Waals surface area (Å²) in [6.45, 7) is 1.46. The molecule has 1 aliphatic rings. The Hall–Kier alpha value is -0.830. The summed E-state index contributed by atoms with van der Waals surface area (Å²) in [7, 11) is 0.